The van der Waals surface area contributed by atoms with E-state index in [4.69, 9.17) is 27.9 Å². The Morgan fingerprint density at radius 3 is 2.26 bits per heavy atom. The van der Waals surface area contributed by atoms with Gasteiger partial charge in [-0.05, 0) is 23.3 Å². The second kappa shape index (κ2) is 5.93. The molecule has 0 aromatic heterocycles. The van der Waals surface area contributed by atoms with Crippen LogP contribution in [0.3, 0.4) is 0 Å². The third-order valence-corrected chi connectivity index (χ3v) is 3.74. The first-order chi connectivity index (χ1) is 9.08. The summed E-state index contributed by atoms with van der Waals surface area (Å²) in [5.41, 5.74) is 0.148. The molecule has 2 rings (SSSR count). The first kappa shape index (κ1) is 14.4. The zero-order valence-electron chi connectivity index (χ0n) is 10.4. The second-order valence-corrected chi connectivity index (χ2v) is 5.10. The summed E-state index contributed by atoms with van der Waals surface area (Å²) in [6.45, 7) is 0.134. The van der Waals surface area contributed by atoms with Crippen molar-refractivity contribution in [3.8, 4) is 0 Å². The minimum Gasteiger partial charge on any atom is -0.381 e. The molecule has 1 N–H and O–H groups in total. The third kappa shape index (κ3) is 2.93. The Morgan fingerprint density at radius 2 is 1.68 bits per heavy atom. The van der Waals surface area contributed by atoms with Gasteiger partial charge in [-0.1, -0.05) is 59.6 Å². The van der Waals surface area contributed by atoms with Crippen LogP contribution in [-0.4, -0.2) is 18.8 Å². The van der Waals surface area contributed by atoms with Gasteiger partial charge < -0.3 is 9.84 Å². The number of aliphatic hydroxyl groups is 1. The molecule has 0 aliphatic heterocycles. The highest BCUT2D eigenvalue weighted by Crippen LogP contribution is 2.33. The van der Waals surface area contributed by atoms with Crippen LogP contribution in [0.25, 0.3) is 0 Å². The van der Waals surface area contributed by atoms with Gasteiger partial charge in [-0.15, -0.1) is 0 Å². The van der Waals surface area contributed by atoms with Crippen LogP contribution < -0.4 is 0 Å². The van der Waals surface area contributed by atoms with E-state index in [0.717, 1.165) is 5.56 Å². The highest BCUT2D eigenvalue weighted by Gasteiger charge is 2.32. The van der Waals surface area contributed by atoms with Crippen molar-refractivity contribution in [2.24, 2.45) is 0 Å². The average molecular weight is 297 g/mol. The molecule has 1 atom stereocenters. The first-order valence-electron chi connectivity index (χ1n) is 5.80. The summed E-state index contributed by atoms with van der Waals surface area (Å²) in [5, 5.41) is 11.8. The fourth-order valence-electron chi connectivity index (χ4n) is 2.01. The largest absolute Gasteiger partial charge is 0.381 e. The predicted octanol–water partition coefficient (Wildman–Crippen LogP) is 3.88. The van der Waals surface area contributed by atoms with Crippen molar-refractivity contribution in [3.63, 3.8) is 0 Å². The molecule has 0 spiro atoms. The molecule has 100 valence electrons. The number of benzene rings is 2. The molecule has 2 aromatic rings. The first-order valence-corrected chi connectivity index (χ1v) is 6.56. The van der Waals surface area contributed by atoms with Crippen molar-refractivity contribution < 1.29 is 9.84 Å². The molecule has 19 heavy (non-hydrogen) atoms. The van der Waals surface area contributed by atoms with Crippen molar-refractivity contribution >= 4 is 23.2 Å². The quantitative estimate of drug-likeness (QED) is 0.928. The van der Waals surface area contributed by atoms with Crippen LogP contribution in [0.5, 0.6) is 0 Å². The second-order valence-electron chi connectivity index (χ2n) is 4.29. The molecular weight excluding hydrogens is 283 g/mol. The zero-order chi connectivity index (χ0) is 13.9. The lowest BCUT2D eigenvalue weighted by atomic mass is 9.87. The molecule has 0 amide bonds. The highest BCUT2D eigenvalue weighted by molar-refractivity contribution is 6.42. The van der Waals surface area contributed by atoms with Gasteiger partial charge in [0.25, 0.3) is 0 Å². The Balaban J connectivity index is 2.52. The minimum absolute atomic E-state index is 0.134. The third-order valence-electron chi connectivity index (χ3n) is 3.00. The summed E-state index contributed by atoms with van der Waals surface area (Å²) >= 11 is 11.9. The van der Waals surface area contributed by atoms with Crippen LogP contribution in [-0.2, 0) is 10.3 Å². The molecule has 2 nitrogen and oxygen atoms in total. The van der Waals surface area contributed by atoms with E-state index in [9.17, 15) is 5.11 Å². The molecule has 0 radical (unpaired) electrons. The molecular formula is C15H14Cl2O2. The maximum atomic E-state index is 10.9. The summed E-state index contributed by atoms with van der Waals surface area (Å²) in [4.78, 5) is 0. The van der Waals surface area contributed by atoms with Gasteiger partial charge in [0.15, 0.2) is 0 Å². The smallest absolute Gasteiger partial charge is 0.138 e. The number of rotatable bonds is 4. The summed E-state index contributed by atoms with van der Waals surface area (Å²) in [5.74, 6) is 0. The van der Waals surface area contributed by atoms with Crippen LogP contribution in [0.2, 0.25) is 10.0 Å². The van der Waals surface area contributed by atoms with Gasteiger partial charge in [-0.3, -0.25) is 0 Å². The van der Waals surface area contributed by atoms with Crippen molar-refractivity contribution in [1.29, 1.82) is 0 Å². The summed E-state index contributed by atoms with van der Waals surface area (Å²) in [7, 11) is 1.55. The number of hydrogen-bond donors (Lipinski definition) is 1. The van der Waals surface area contributed by atoms with Crippen molar-refractivity contribution in [2.75, 3.05) is 13.7 Å². The van der Waals surface area contributed by atoms with Gasteiger partial charge >= 0.3 is 0 Å². The van der Waals surface area contributed by atoms with Crippen LogP contribution in [0.15, 0.2) is 48.5 Å². The fourth-order valence-corrected chi connectivity index (χ4v) is 2.31. The molecule has 1 unspecified atom stereocenters. The standard InChI is InChI=1S/C15H14Cl2O2/c1-19-10-15(18,11-5-3-2-4-6-11)12-7-8-13(16)14(17)9-12/h2-9,18H,10H2,1H3. The molecule has 0 aliphatic carbocycles. The molecule has 0 saturated heterocycles. The molecule has 0 saturated carbocycles. The highest BCUT2D eigenvalue weighted by atomic mass is 35.5. The number of ether oxygens (including phenoxy) is 1. The lowest BCUT2D eigenvalue weighted by Crippen LogP contribution is -2.32. The number of halogens is 2. The van der Waals surface area contributed by atoms with E-state index in [1.54, 1.807) is 25.3 Å². The van der Waals surface area contributed by atoms with Crippen LogP contribution in [0.4, 0.5) is 0 Å². The summed E-state index contributed by atoms with van der Waals surface area (Å²) in [6, 6.07) is 14.4. The van der Waals surface area contributed by atoms with E-state index >= 15 is 0 Å². The van der Waals surface area contributed by atoms with E-state index in [1.165, 1.54) is 0 Å². The molecule has 0 aliphatic rings. The maximum absolute atomic E-state index is 10.9. The fraction of sp³-hybridized carbons (Fsp3) is 0.200. The number of methoxy groups -OCH3 is 1. The van der Waals surface area contributed by atoms with E-state index in [0.29, 0.717) is 15.6 Å². The van der Waals surface area contributed by atoms with E-state index < -0.39 is 5.60 Å². The van der Waals surface area contributed by atoms with Crippen molar-refractivity contribution in [1.82, 2.24) is 0 Å². The Hall–Kier alpha value is -1.06. The zero-order valence-corrected chi connectivity index (χ0v) is 11.9. The van der Waals surface area contributed by atoms with Gasteiger partial charge in [0.1, 0.15) is 5.60 Å². The van der Waals surface area contributed by atoms with Crippen LogP contribution in [0.1, 0.15) is 11.1 Å². The van der Waals surface area contributed by atoms with Gasteiger partial charge in [-0.2, -0.15) is 0 Å². The van der Waals surface area contributed by atoms with E-state index in [2.05, 4.69) is 0 Å². The molecule has 0 bridgehead atoms. The molecule has 4 heteroatoms. The van der Waals surface area contributed by atoms with Gasteiger partial charge in [0.2, 0.25) is 0 Å². The van der Waals surface area contributed by atoms with E-state index in [-0.39, 0.29) is 6.61 Å². The lowest BCUT2D eigenvalue weighted by Gasteiger charge is -2.28. The van der Waals surface area contributed by atoms with Crippen LogP contribution >= 0.6 is 23.2 Å². The van der Waals surface area contributed by atoms with Crippen LogP contribution in [0, 0.1) is 0 Å². The van der Waals surface area contributed by atoms with Gasteiger partial charge in [0, 0.05) is 7.11 Å². The number of hydrogen-bond acceptors (Lipinski definition) is 2. The minimum atomic E-state index is -1.25. The SMILES string of the molecule is COCC(O)(c1ccccc1)c1ccc(Cl)c(Cl)c1. The summed E-state index contributed by atoms with van der Waals surface area (Å²) < 4.78 is 5.16. The predicted molar refractivity (Wildman–Crippen MR) is 77.8 cm³/mol. The monoisotopic (exact) mass is 296 g/mol. The normalized spacial score (nSPS) is 14.1. The van der Waals surface area contributed by atoms with Gasteiger partial charge in [-0.25, -0.2) is 0 Å². The average Bonchev–Trinajstić information content (AvgIpc) is 2.43. The Labute approximate surface area is 122 Å². The van der Waals surface area contributed by atoms with Crippen molar-refractivity contribution in [2.45, 2.75) is 5.60 Å². The topological polar surface area (TPSA) is 29.5 Å². The van der Waals surface area contributed by atoms with Crippen molar-refractivity contribution in [3.05, 3.63) is 69.7 Å². The van der Waals surface area contributed by atoms with Gasteiger partial charge in [0.05, 0.1) is 16.7 Å². The van der Waals surface area contributed by atoms with E-state index in [1.807, 2.05) is 30.3 Å². The Kier molecular flexibility index (Phi) is 4.48. The Morgan fingerprint density at radius 1 is 1.00 bits per heavy atom. The summed E-state index contributed by atoms with van der Waals surface area (Å²) in [6.07, 6.45) is 0. The molecule has 2 aromatic carbocycles. The molecule has 0 fully saturated rings. The maximum Gasteiger partial charge on any atom is 0.138 e. The molecule has 0 heterocycles. The lowest BCUT2D eigenvalue weighted by molar-refractivity contribution is -0.00327. The Bertz CT molecular complexity index is 557.